The molecule has 0 aromatic carbocycles. The molecule has 3 N–H and O–H groups in total. The van der Waals surface area contributed by atoms with Gasteiger partial charge in [-0.25, -0.2) is 0 Å². The molecule has 0 rings (SSSR count). The van der Waals surface area contributed by atoms with Crippen molar-refractivity contribution in [3.8, 4) is 0 Å². The second-order valence-electron chi connectivity index (χ2n) is 15.8. The van der Waals surface area contributed by atoms with Crippen molar-refractivity contribution in [3.63, 3.8) is 0 Å². The fraction of sp³-hybridized carbons (Fsp3) is 0.851. The Hall–Kier alpha value is -1.36. The van der Waals surface area contributed by atoms with Crippen LogP contribution < -0.4 is 5.09 Å². The molecular weight excluding hydrogens is 689 g/mol. The van der Waals surface area contributed by atoms with E-state index in [0.717, 1.165) is 38.5 Å². The quantitative estimate of drug-likeness (QED) is 0.0323. The number of rotatable bonds is 44. The van der Waals surface area contributed by atoms with Gasteiger partial charge in [-0.1, -0.05) is 192 Å². The second-order valence-corrected chi connectivity index (χ2v) is 17.7. The highest BCUT2D eigenvalue weighted by molar-refractivity contribution is 7.87. The summed E-state index contributed by atoms with van der Waals surface area (Å²) in [5.41, 5.74) is -0.354. The minimum atomic E-state index is -1.93. The Balaban J connectivity index is 4.00. The zero-order valence-electron chi connectivity index (χ0n) is 35.6. The van der Waals surface area contributed by atoms with Crippen LogP contribution in [0, 0.1) is 0 Å². The number of carbonyl (C=O) groups is 3. The third-order valence-corrected chi connectivity index (χ3v) is 12.6. The Morgan fingerprint density at radius 1 is 0.444 bits per heavy atom. The van der Waals surface area contributed by atoms with Crippen molar-refractivity contribution in [2.45, 2.75) is 251 Å². The summed E-state index contributed by atoms with van der Waals surface area (Å²) in [5, 5.41) is 21.7. The van der Waals surface area contributed by atoms with Crippen molar-refractivity contribution in [1.82, 2.24) is 5.09 Å². The Morgan fingerprint density at radius 2 is 0.704 bits per heavy atom. The van der Waals surface area contributed by atoms with Crippen LogP contribution in [0.25, 0.3) is 0 Å². The smallest absolute Gasteiger partial charge is 0.323 e. The molecule has 0 fully saturated rings. The third-order valence-electron chi connectivity index (χ3n) is 10.6. The van der Waals surface area contributed by atoms with E-state index >= 15 is 0 Å². The largest absolute Gasteiger partial charge is 0.480 e. The molecule has 1 atom stereocenters. The molecule has 0 radical (unpaired) electrons. The molecule has 7 heteroatoms. The fourth-order valence-electron chi connectivity index (χ4n) is 6.94. The highest BCUT2D eigenvalue weighted by atomic mass is 31.1. The van der Waals surface area contributed by atoms with Gasteiger partial charge in [-0.2, -0.15) is 0 Å². The standard InChI is InChI=1S/C47H88NO5P/c1-3-5-7-9-11-13-15-17-19-21-23-25-27-29-31-33-35-37-39-41-45(50)54(48-44(43-49)47(52)53)46(51)42-40-38-36-34-32-30-28-26-24-22-20-18-16-14-12-10-8-6-4-2/h17-20,44,48-49H,3-16,21-43H2,1-2H3,(H,52,53). The summed E-state index contributed by atoms with van der Waals surface area (Å²) < 4.78 is 0. The van der Waals surface area contributed by atoms with E-state index in [9.17, 15) is 24.6 Å². The van der Waals surface area contributed by atoms with Crippen LogP contribution in [-0.4, -0.2) is 39.9 Å². The topological polar surface area (TPSA) is 104 Å². The van der Waals surface area contributed by atoms with E-state index in [0.29, 0.717) is 12.8 Å². The number of aliphatic hydroxyl groups excluding tert-OH is 1. The number of aliphatic carboxylic acids is 1. The van der Waals surface area contributed by atoms with Crippen molar-refractivity contribution < 1.29 is 24.6 Å². The highest BCUT2D eigenvalue weighted by Gasteiger charge is 2.30. The summed E-state index contributed by atoms with van der Waals surface area (Å²) >= 11 is 0. The number of nitrogens with one attached hydrogen (secondary N) is 1. The predicted molar refractivity (Wildman–Crippen MR) is 234 cm³/mol. The monoisotopic (exact) mass is 778 g/mol. The van der Waals surface area contributed by atoms with Gasteiger partial charge in [0.05, 0.1) is 6.61 Å². The first kappa shape index (κ1) is 52.6. The van der Waals surface area contributed by atoms with E-state index in [1.807, 2.05) is 0 Å². The Labute approximate surface area is 335 Å². The maximum absolute atomic E-state index is 13.1. The molecule has 6 nitrogen and oxygen atoms in total. The minimum Gasteiger partial charge on any atom is -0.480 e. The van der Waals surface area contributed by atoms with Crippen LogP contribution in [-0.2, 0) is 14.4 Å². The lowest BCUT2D eigenvalue weighted by atomic mass is 10.1. The van der Waals surface area contributed by atoms with Crippen LogP contribution in [0.4, 0.5) is 0 Å². The van der Waals surface area contributed by atoms with E-state index in [-0.39, 0.29) is 11.0 Å². The maximum atomic E-state index is 13.1. The first-order valence-electron chi connectivity index (χ1n) is 23.2. The average molecular weight is 778 g/mol. The highest BCUT2D eigenvalue weighted by Crippen LogP contribution is 2.38. The van der Waals surface area contributed by atoms with E-state index in [1.54, 1.807) is 0 Å². The first-order chi connectivity index (χ1) is 26.5. The lowest BCUT2D eigenvalue weighted by molar-refractivity contribution is -0.139. The van der Waals surface area contributed by atoms with Gasteiger partial charge in [0.15, 0.2) is 11.0 Å². The lowest BCUT2D eigenvalue weighted by Gasteiger charge is -2.20. The van der Waals surface area contributed by atoms with Gasteiger partial charge in [0.25, 0.3) is 0 Å². The number of aliphatic hydroxyl groups is 1. The van der Waals surface area contributed by atoms with Crippen LogP contribution in [0.1, 0.15) is 245 Å². The minimum absolute atomic E-state index is 0.177. The Morgan fingerprint density at radius 3 is 0.963 bits per heavy atom. The van der Waals surface area contributed by atoms with Crippen LogP contribution in [0.5, 0.6) is 0 Å². The van der Waals surface area contributed by atoms with E-state index in [4.69, 9.17) is 0 Å². The zero-order chi connectivity index (χ0) is 39.6. The van der Waals surface area contributed by atoms with Crippen molar-refractivity contribution in [2.75, 3.05) is 6.61 Å². The van der Waals surface area contributed by atoms with Gasteiger partial charge in [-0.05, 0) is 64.2 Å². The molecule has 54 heavy (non-hydrogen) atoms. The van der Waals surface area contributed by atoms with Crippen LogP contribution >= 0.6 is 8.07 Å². The summed E-state index contributed by atoms with van der Waals surface area (Å²) in [4.78, 5) is 37.8. The SMILES string of the molecule is CCCCCCCCC=CCCCCCCCCCCCC(=O)P(NC(CO)C(=O)O)C(=O)CCCCCCCCCCCC=CCCCCCCCC. The van der Waals surface area contributed by atoms with Crippen molar-refractivity contribution in [1.29, 1.82) is 0 Å². The number of allylic oxidation sites excluding steroid dienone is 4. The van der Waals surface area contributed by atoms with E-state index in [1.165, 1.54) is 180 Å². The van der Waals surface area contributed by atoms with Crippen molar-refractivity contribution in [3.05, 3.63) is 24.3 Å². The van der Waals surface area contributed by atoms with Gasteiger partial charge < -0.3 is 10.2 Å². The summed E-state index contributed by atoms with van der Waals surface area (Å²) in [7, 11) is -1.93. The first-order valence-corrected chi connectivity index (χ1v) is 24.6. The molecule has 0 bridgehead atoms. The van der Waals surface area contributed by atoms with Crippen LogP contribution in [0.2, 0.25) is 0 Å². The van der Waals surface area contributed by atoms with E-state index < -0.39 is 26.7 Å². The van der Waals surface area contributed by atoms with Gasteiger partial charge in [0, 0.05) is 12.8 Å². The van der Waals surface area contributed by atoms with Gasteiger partial charge >= 0.3 is 5.97 Å². The Bertz CT molecular complexity index is 847. The average Bonchev–Trinajstić information content (AvgIpc) is 3.16. The molecule has 316 valence electrons. The molecule has 0 saturated heterocycles. The number of carboxylic acid groups (broad SMARTS) is 1. The third kappa shape index (κ3) is 36.3. The summed E-state index contributed by atoms with van der Waals surface area (Å²) in [6.45, 7) is 3.89. The number of hydrogen-bond acceptors (Lipinski definition) is 5. The Kier molecular flexibility index (Phi) is 41.7. The fourth-order valence-corrected chi connectivity index (χ4v) is 8.78. The maximum Gasteiger partial charge on any atom is 0.323 e. The van der Waals surface area contributed by atoms with Gasteiger partial charge in [-0.15, -0.1) is 0 Å². The second kappa shape index (κ2) is 42.8. The molecule has 0 spiro atoms. The normalized spacial score (nSPS) is 12.9. The molecule has 0 aliphatic carbocycles. The number of carboxylic acids is 1. The molecular formula is C47H88NO5P. The van der Waals surface area contributed by atoms with E-state index in [2.05, 4.69) is 43.2 Å². The lowest BCUT2D eigenvalue weighted by Crippen LogP contribution is -2.39. The summed E-state index contributed by atoms with van der Waals surface area (Å²) in [5.74, 6) is -1.23. The van der Waals surface area contributed by atoms with Crippen molar-refractivity contribution >= 4 is 25.1 Å². The summed E-state index contributed by atoms with van der Waals surface area (Å²) in [6.07, 6.45) is 51.8. The molecule has 0 aliphatic heterocycles. The summed E-state index contributed by atoms with van der Waals surface area (Å²) in [6, 6.07) is -1.29. The predicted octanol–water partition coefficient (Wildman–Crippen LogP) is 14.7. The number of unbranched alkanes of at least 4 members (excludes halogenated alkanes) is 30. The molecule has 0 aromatic rings. The van der Waals surface area contributed by atoms with Gasteiger partial charge in [-0.3, -0.25) is 19.5 Å². The van der Waals surface area contributed by atoms with Gasteiger partial charge in [0.2, 0.25) is 0 Å². The molecule has 0 aliphatic rings. The molecule has 0 saturated carbocycles. The molecule has 0 aromatic heterocycles. The van der Waals surface area contributed by atoms with Crippen LogP contribution in [0.3, 0.4) is 0 Å². The molecule has 0 amide bonds. The number of carbonyl (C=O) groups excluding carboxylic acids is 2. The van der Waals surface area contributed by atoms with Crippen LogP contribution in [0.15, 0.2) is 24.3 Å². The zero-order valence-corrected chi connectivity index (χ0v) is 36.5. The molecule has 0 heterocycles. The number of hydrogen-bond donors (Lipinski definition) is 3. The van der Waals surface area contributed by atoms with Gasteiger partial charge in [0.1, 0.15) is 14.1 Å². The molecule has 1 unspecified atom stereocenters. The van der Waals surface area contributed by atoms with Crippen molar-refractivity contribution in [2.24, 2.45) is 0 Å².